The van der Waals surface area contributed by atoms with Gasteiger partial charge in [-0.05, 0) is 17.7 Å². The summed E-state index contributed by atoms with van der Waals surface area (Å²) in [5, 5.41) is 10.6. The summed E-state index contributed by atoms with van der Waals surface area (Å²) in [7, 11) is 1.69. The lowest BCUT2D eigenvalue weighted by Crippen LogP contribution is -2.49. The third kappa shape index (κ3) is 2.46. The molecule has 130 valence electrons. The van der Waals surface area contributed by atoms with Gasteiger partial charge in [0.1, 0.15) is 11.4 Å². The summed E-state index contributed by atoms with van der Waals surface area (Å²) < 4.78 is 14.9. The Morgan fingerprint density at radius 1 is 1.20 bits per heavy atom. The van der Waals surface area contributed by atoms with Gasteiger partial charge in [-0.2, -0.15) is 4.58 Å². The van der Waals surface area contributed by atoms with Crippen LogP contribution in [0.4, 0.5) is 4.39 Å². The zero-order valence-electron chi connectivity index (χ0n) is 13.9. The Morgan fingerprint density at radius 3 is 2.64 bits per heavy atom. The molecular weight excluding hydrogens is 325 g/mol. The highest BCUT2D eigenvalue weighted by Crippen LogP contribution is 2.31. The van der Waals surface area contributed by atoms with Crippen molar-refractivity contribution in [1.82, 2.24) is 9.80 Å². The van der Waals surface area contributed by atoms with Crippen molar-refractivity contribution >= 4 is 17.5 Å². The summed E-state index contributed by atoms with van der Waals surface area (Å²) in [5.41, 5.74) is 2.19. The van der Waals surface area contributed by atoms with Gasteiger partial charge in [-0.15, -0.1) is 0 Å². The number of fused-ring (bicyclic) bond motifs is 1. The van der Waals surface area contributed by atoms with E-state index in [1.54, 1.807) is 29.0 Å². The Bertz CT molecular complexity index is 828. The number of carbonyl (C=O) groups excluding carboxylic acids is 2. The Labute approximate surface area is 144 Å². The number of aliphatic hydroxyl groups excluding tert-OH is 1. The Balaban J connectivity index is 1.60. The van der Waals surface area contributed by atoms with Gasteiger partial charge < -0.3 is 14.9 Å². The maximum absolute atomic E-state index is 13.0. The van der Waals surface area contributed by atoms with Gasteiger partial charge in [0.2, 0.25) is 0 Å². The van der Waals surface area contributed by atoms with Crippen LogP contribution in [0.2, 0.25) is 0 Å². The molecular formula is C18H19FN3O3+. The minimum Gasteiger partial charge on any atom is -0.377 e. The van der Waals surface area contributed by atoms with Crippen LogP contribution < -0.4 is 0 Å². The molecule has 0 saturated heterocycles. The van der Waals surface area contributed by atoms with Crippen LogP contribution in [0.1, 0.15) is 12.0 Å². The minimum absolute atomic E-state index is 0.231. The number of halogens is 1. The van der Waals surface area contributed by atoms with Crippen molar-refractivity contribution in [2.75, 3.05) is 26.7 Å². The molecule has 1 atom stereocenters. The van der Waals surface area contributed by atoms with Crippen LogP contribution in [0, 0.1) is 5.82 Å². The predicted molar refractivity (Wildman–Crippen MR) is 87.2 cm³/mol. The lowest BCUT2D eigenvalue weighted by atomic mass is 9.99. The van der Waals surface area contributed by atoms with Crippen molar-refractivity contribution in [3.63, 3.8) is 0 Å². The Hall–Kier alpha value is -2.54. The molecule has 0 saturated carbocycles. The maximum atomic E-state index is 13.0. The van der Waals surface area contributed by atoms with Gasteiger partial charge in [-0.25, -0.2) is 4.39 Å². The van der Waals surface area contributed by atoms with Crippen molar-refractivity contribution in [3.05, 3.63) is 46.9 Å². The molecule has 7 heteroatoms. The topological polar surface area (TPSA) is 63.9 Å². The summed E-state index contributed by atoms with van der Waals surface area (Å²) in [6, 6.07) is 6.02. The second-order valence-electron chi connectivity index (χ2n) is 6.63. The number of likely N-dealkylation sites (N-methyl/N-ethyl adjacent to an activating group) is 1. The summed E-state index contributed by atoms with van der Waals surface area (Å²) in [5.74, 6) is -0.803. The monoisotopic (exact) mass is 344 g/mol. The first-order chi connectivity index (χ1) is 12.0. The van der Waals surface area contributed by atoms with E-state index in [9.17, 15) is 19.1 Å². The van der Waals surface area contributed by atoms with Crippen molar-refractivity contribution in [3.8, 4) is 0 Å². The fourth-order valence-corrected chi connectivity index (χ4v) is 3.75. The quantitative estimate of drug-likeness (QED) is 0.775. The number of aliphatic hydroxyl groups is 1. The molecule has 0 radical (unpaired) electrons. The van der Waals surface area contributed by atoms with Crippen LogP contribution in [0.5, 0.6) is 0 Å². The fraction of sp³-hybridized carbons (Fsp3) is 0.389. The van der Waals surface area contributed by atoms with Crippen LogP contribution in [-0.4, -0.2) is 69.8 Å². The van der Waals surface area contributed by atoms with Crippen molar-refractivity contribution in [2.24, 2.45) is 0 Å². The standard InChI is InChI=1S/C18H19FN3O3/c1-20-8-9-22-13-6-7-21(10-11-2-4-12(19)5-3-11)17(24)14(13)16(23)15(22)18(20)25/h2-5,16,23H,6-10H2,1H3/q+1. The largest absolute Gasteiger partial charge is 0.377 e. The highest BCUT2D eigenvalue weighted by Gasteiger charge is 2.52. The number of amides is 2. The lowest BCUT2D eigenvalue weighted by molar-refractivity contribution is -0.480. The molecule has 2 amide bonds. The molecule has 1 aromatic carbocycles. The average molecular weight is 344 g/mol. The van der Waals surface area contributed by atoms with E-state index in [2.05, 4.69) is 0 Å². The molecule has 3 aliphatic rings. The molecule has 0 bridgehead atoms. The number of rotatable bonds is 2. The minimum atomic E-state index is -1.17. The summed E-state index contributed by atoms with van der Waals surface area (Å²) in [6.45, 7) is 2.03. The molecule has 0 aromatic heterocycles. The Kier molecular flexibility index (Phi) is 3.68. The summed E-state index contributed by atoms with van der Waals surface area (Å²) in [6.07, 6.45) is -0.575. The van der Waals surface area contributed by atoms with Crippen molar-refractivity contribution in [2.45, 2.75) is 19.1 Å². The number of nitrogens with zero attached hydrogens (tertiary/aromatic N) is 3. The van der Waals surface area contributed by atoms with Gasteiger partial charge in [-0.1, -0.05) is 12.1 Å². The molecule has 3 aliphatic heterocycles. The SMILES string of the molecule is CN1CC[N+]2=C(C1=O)C(O)C1=C2CCN(Cc2ccc(F)cc2)C1=O. The van der Waals surface area contributed by atoms with E-state index in [0.717, 1.165) is 11.3 Å². The molecule has 1 aromatic rings. The van der Waals surface area contributed by atoms with Crippen molar-refractivity contribution in [1.29, 1.82) is 0 Å². The Morgan fingerprint density at radius 2 is 1.92 bits per heavy atom. The smallest absolute Gasteiger partial charge is 0.317 e. The molecule has 0 fully saturated rings. The van der Waals surface area contributed by atoms with Gasteiger partial charge in [0, 0.05) is 20.1 Å². The van der Waals surface area contributed by atoms with Crippen LogP contribution >= 0.6 is 0 Å². The molecule has 25 heavy (non-hydrogen) atoms. The number of benzene rings is 1. The molecule has 4 rings (SSSR count). The van der Waals surface area contributed by atoms with Gasteiger partial charge >= 0.3 is 5.91 Å². The number of hydrogen-bond acceptors (Lipinski definition) is 3. The molecule has 1 unspecified atom stereocenters. The average Bonchev–Trinajstić information content (AvgIpc) is 2.89. The van der Waals surface area contributed by atoms with Crippen LogP contribution in [0.25, 0.3) is 0 Å². The first kappa shape index (κ1) is 16.0. The second-order valence-corrected chi connectivity index (χ2v) is 6.63. The molecule has 0 aliphatic carbocycles. The van der Waals surface area contributed by atoms with Crippen LogP contribution in [0.15, 0.2) is 35.5 Å². The normalized spacial score (nSPS) is 23.4. The zero-order chi connectivity index (χ0) is 17.7. The van der Waals surface area contributed by atoms with Crippen LogP contribution in [-0.2, 0) is 16.1 Å². The van der Waals surface area contributed by atoms with Crippen molar-refractivity contribution < 1.29 is 23.7 Å². The highest BCUT2D eigenvalue weighted by atomic mass is 19.1. The predicted octanol–water partition coefficient (Wildman–Crippen LogP) is 0.112. The summed E-state index contributed by atoms with van der Waals surface area (Å²) >= 11 is 0. The van der Waals surface area contributed by atoms with Gasteiger partial charge in [-0.3, -0.25) is 9.59 Å². The number of carbonyl (C=O) groups is 2. The first-order valence-electron chi connectivity index (χ1n) is 8.32. The first-order valence-corrected chi connectivity index (χ1v) is 8.32. The van der Waals surface area contributed by atoms with E-state index in [1.807, 2.05) is 4.58 Å². The molecule has 3 heterocycles. The maximum Gasteiger partial charge on any atom is 0.317 e. The van der Waals surface area contributed by atoms with Gasteiger partial charge in [0.15, 0.2) is 18.3 Å². The second kappa shape index (κ2) is 5.77. The molecule has 0 spiro atoms. The lowest BCUT2D eigenvalue weighted by Gasteiger charge is -2.27. The van der Waals surface area contributed by atoms with E-state index < -0.39 is 6.10 Å². The van der Waals surface area contributed by atoms with E-state index in [0.29, 0.717) is 38.2 Å². The van der Waals surface area contributed by atoms with E-state index in [4.69, 9.17) is 0 Å². The third-order valence-corrected chi connectivity index (χ3v) is 5.11. The zero-order valence-corrected chi connectivity index (χ0v) is 13.9. The van der Waals surface area contributed by atoms with E-state index in [1.165, 1.54) is 12.1 Å². The van der Waals surface area contributed by atoms with Gasteiger partial charge in [0.05, 0.1) is 13.0 Å². The fourth-order valence-electron chi connectivity index (χ4n) is 3.75. The van der Waals surface area contributed by atoms with Gasteiger partial charge in [0.25, 0.3) is 11.6 Å². The van der Waals surface area contributed by atoms with E-state index in [-0.39, 0.29) is 23.3 Å². The number of hydrogen-bond donors (Lipinski definition) is 1. The highest BCUT2D eigenvalue weighted by molar-refractivity contribution is 6.40. The summed E-state index contributed by atoms with van der Waals surface area (Å²) in [4.78, 5) is 28.5. The molecule has 1 N–H and O–H groups in total. The third-order valence-electron chi connectivity index (χ3n) is 5.11. The van der Waals surface area contributed by atoms with Crippen LogP contribution in [0.3, 0.4) is 0 Å². The van der Waals surface area contributed by atoms with E-state index >= 15 is 0 Å². The molecule has 6 nitrogen and oxygen atoms in total.